The zero-order valence-electron chi connectivity index (χ0n) is 17.6. The Hall–Kier alpha value is -0.530. The summed E-state index contributed by atoms with van der Waals surface area (Å²) in [7, 11) is 0. The SMILES string of the molecule is CCCCCCCCCCCCCCCCCC[C@@](C)(CC)C(=O)O. The Morgan fingerprint density at radius 2 is 0.960 bits per heavy atom. The van der Waals surface area contributed by atoms with Crippen molar-refractivity contribution in [2.45, 2.75) is 136 Å². The molecule has 0 aromatic heterocycles. The molecule has 0 aliphatic rings. The zero-order valence-corrected chi connectivity index (χ0v) is 17.6. The highest BCUT2D eigenvalue weighted by Gasteiger charge is 2.29. The van der Waals surface area contributed by atoms with Crippen molar-refractivity contribution in [2.75, 3.05) is 0 Å². The Balaban J connectivity index is 3.23. The predicted octanol–water partition coefficient (Wildman–Crippen LogP) is 8.14. The summed E-state index contributed by atoms with van der Waals surface area (Å²) in [5.74, 6) is -0.629. The van der Waals surface area contributed by atoms with Gasteiger partial charge in [0.25, 0.3) is 0 Å². The number of carboxylic acid groups (broad SMARTS) is 1. The topological polar surface area (TPSA) is 37.3 Å². The predicted molar refractivity (Wildman–Crippen MR) is 110 cm³/mol. The summed E-state index contributed by atoms with van der Waals surface area (Å²) in [6.45, 7) is 6.16. The molecule has 0 aliphatic carbocycles. The van der Waals surface area contributed by atoms with Crippen LogP contribution in [0.15, 0.2) is 0 Å². The molecular weight excluding hydrogens is 308 g/mol. The lowest BCUT2D eigenvalue weighted by molar-refractivity contribution is -0.148. The smallest absolute Gasteiger partial charge is 0.309 e. The van der Waals surface area contributed by atoms with E-state index in [2.05, 4.69) is 6.92 Å². The molecule has 0 rings (SSSR count). The van der Waals surface area contributed by atoms with E-state index in [-0.39, 0.29) is 0 Å². The summed E-state index contributed by atoms with van der Waals surface area (Å²) in [6.07, 6.45) is 23.4. The van der Waals surface area contributed by atoms with Crippen molar-refractivity contribution in [3.05, 3.63) is 0 Å². The van der Waals surface area contributed by atoms with Gasteiger partial charge >= 0.3 is 5.97 Å². The third-order valence-corrected chi connectivity index (χ3v) is 5.88. The van der Waals surface area contributed by atoms with Crippen molar-refractivity contribution in [3.63, 3.8) is 0 Å². The van der Waals surface area contributed by atoms with Gasteiger partial charge in [-0.05, 0) is 19.8 Å². The van der Waals surface area contributed by atoms with Crippen LogP contribution < -0.4 is 0 Å². The van der Waals surface area contributed by atoms with Gasteiger partial charge in [0.15, 0.2) is 0 Å². The molecule has 2 heteroatoms. The number of carbonyl (C=O) groups is 1. The second-order valence-corrected chi connectivity index (χ2v) is 8.27. The van der Waals surface area contributed by atoms with Crippen LogP contribution in [0.3, 0.4) is 0 Å². The maximum Gasteiger partial charge on any atom is 0.309 e. The lowest BCUT2D eigenvalue weighted by atomic mass is 9.82. The van der Waals surface area contributed by atoms with Gasteiger partial charge in [0, 0.05) is 0 Å². The first-order valence-electron chi connectivity index (χ1n) is 11.3. The first-order valence-corrected chi connectivity index (χ1v) is 11.3. The van der Waals surface area contributed by atoms with Crippen LogP contribution >= 0.6 is 0 Å². The van der Waals surface area contributed by atoms with E-state index in [1.54, 1.807) is 0 Å². The minimum atomic E-state index is -0.629. The molecule has 0 saturated carbocycles. The number of carboxylic acids is 1. The number of aliphatic carboxylic acids is 1. The molecule has 0 aromatic carbocycles. The Morgan fingerprint density at radius 1 is 0.640 bits per heavy atom. The third-order valence-electron chi connectivity index (χ3n) is 5.88. The van der Waals surface area contributed by atoms with Crippen LogP contribution in [0, 0.1) is 5.41 Å². The molecule has 0 spiro atoms. The Labute approximate surface area is 158 Å². The lowest BCUT2D eigenvalue weighted by Gasteiger charge is -2.22. The normalized spacial score (nSPS) is 13.7. The fourth-order valence-electron chi connectivity index (χ4n) is 3.50. The van der Waals surface area contributed by atoms with E-state index in [1.165, 1.54) is 96.3 Å². The summed E-state index contributed by atoms with van der Waals surface area (Å²) in [5, 5.41) is 9.26. The van der Waals surface area contributed by atoms with Gasteiger partial charge in [-0.1, -0.05) is 117 Å². The summed E-state index contributed by atoms with van der Waals surface area (Å²) < 4.78 is 0. The summed E-state index contributed by atoms with van der Waals surface area (Å²) in [5.41, 5.74) is -0.504. The maximum absolute atomic E-state index is 11.2. The number of hydrogen-bond acceptors (Lipinski definition) is 1. The van der Waals surface area contributed by atoms with E-state index in [9.17, 15) is 9.90 Å². The Morgan fingerprint density at radius 3 is 1.24 bits per heavy atom. The third kappa shape index (κ3) is 14.3. The molecule has 0 saturated heterocycles. The minimum absolute atomic E-state index is 0.504. The summed E-state index contributed by atoms with van der Waals surface area (Å²) >= 11 is 0. The van der Waals surface area contributed by atoms with Crippen molar-refractivity contribution in [2.24, 2.45) is 5.41 Å². The van der Waals surface area contributed by atoms with Crippen molar-refractivity contribution in [1.29, 1.82) is 0 Å². The van der Waals surface area contributed by atoms with Crippen LogP contribution in [-0.2, 0) is 4.79 Å². The van der Waals surface area contributed by atoms with Gasteiger partial charge in [0.05, 0.1) is 5.41 Å². The van der Waals surface area contributed by atoms with Gasteiger partial charge in [0.1, 0.15) is 0 Å². The maximum atomic E-state index is 11.2. The average molecular weight is 355 g/mol. The molecule has 0 unspecified atom stereocenters. The molecule has 0 aromatic rings. The molecule has 0 radical (unpaired) electrons. The largest absolute Gasteiger partial charge is 0.481 e. The second kappa shape index (κ2) is 16.9. The van der Waals surface area contributed by atoms with Gasteiger partial charge in [-0.25, -0.2) is 0 Å². The summed E-state index contributed by atoms with van der Waals surface area (Å²) in [4.78, 5) is 11.2. The molecule has 1 N–H and O–H groups in total. The minimum Gasteiger partial charge on any atom is -0.481 e. The van der Waals surface area contributed by atoms with E-state index < -0.39 is 11.4 Å². The van der Waals surface area contributed by atoms with E-state index >= 15 is 0 Å². The van der Waals surface area contributed by atoms with Crippen molar-refractivity contribution < 1.29 is 9.90 Å². The highest BCUT2D eigenvalue weighted by Crippen LogP contribution is 2.28. The van der Waals surface area contributed by atoms with Crippen LogP contribution in [0.2, 0.25) is 0 Å². The molecule has 25 heavy (non-hydrogen) atoms. The van der Waals surface area contributed by atoms with Crippen molar-refractivity contribution >= 4 is 5.97 Å². The highest BCUT2D eigenvalue weighted by molar-refractivity contribution is 5.73. The lowest BCUT2D eigenvalue weighted by Crippen LogP contribution is -2.26. The Kier molecular flexibility index (Phi) is 16.6. The van der Waals surface area contributed by atoms with Crippen molar-refractivity contribution in [3.8, 4) is 0 Å². The van der Waals surface area contributed by atoms with Gasteiger partial charge in [-0.3, -0.25) is 4.79 Å². The number of hydrogen-bond donors (Lipinski definition) is 1. The fourth-order valence-corrected chi connectivity index (χ4v) is 3.50. The van der Waals surface area contributed by atoms with Crippen LogP contribution in [0.4, 0.5) is 0 Å². The quantitative estimate of drug-likeness (QED) is 0.238. The molecule has 0 aliphatic heterocycles. The van der Waals surface area contributed by atoms with Gasteiger partial charge in [0.2, 0.25) is 0 Å². The van der Waals surface area contributed by atoms with Crippen LogP contribution in [0.1, 0.15) is 136 Å². The van der Waals surface area contributed by atoms with Gasteiger partial charge in [-0.2, -0.15) is 0 Å². The van der Waals surface area contributed by atoms with E-state index in [0.717, 1.165) is 19.3 Å². The molecule has 2 nitrogen and oxygen atoms in total. The first-order chi connectivity index (χ1) is 12.1. The van der Waals surface area contributed by atoms with Gasteiger partial charge in [-0.15, -0.1) is 0 Å². The number of rotatable bonds is 19. The summed E-state index contributed by atoms with van der Waals surface area (Å²) in [6, 6.07) is 0. The van der Waals surface area contributed by atoms with E-state index in [4.69, 9.17) is 0 Å². The monoisotopic (exact) mass is 354 g/mol. The molecule has 150 valence electrons. The van der Waals surface area contributed by atoms with Crippen LogP contribution in [-0.4, -0.2) is 11.1 Å². The van der Waals surface area contributed by atoms with Crippen LogP contribution in [0.25, 0.3) is 0 Å². The van der Waals surface area contributed by atoms with Crippen molar-refractivity contribution in [1.82, 2.24) is 0 Å². The average Bonchev–Trinajstić information content (AvgIpc) is 2.61. The van der Waals surface area contributed by atoms with Crippen LogP contribution in [0.5, 0.6) is 0 Å². The van der Waals surface area contributed by atoms with Gasteiger partial charge < -0.3 is 5.11 Å². The fraction of sp³-hybridized carbons (Fsp3) is 0.957. The molecule has 0 fully saturated rings. The highest BCUT2D eigenvalue weighted by atomic mass is 16.4. The molecule has 0 heterocycles. The molecule has 0 bridgehead atoms. The molecule has 0 amide bonds. The molecular formula is C23H46O2. The molecule has 1 atom stereocenters. The van der Waals surface area contributed by atoms with E-state index in [0.29, 0.717) is 0 Å². The Bertz CT molecular complexity index is 300. The first kappa shape index (κ1) is 24.5. The standard InChI is InChI=1S/C23H46O2/c1-4-6-7-8-9-10-11-12-13-14-15-16-17-18-19-20-21-23(3,5-2)22(24)25/h4-21H2,1-3H3,(H,24,25)/t23-/m1/s1. The zero-order chi connectivity index (χ0) is 18.8. The second-order valence-electron chi connectivity index (χ2n) is 8.27. The number of unbranched alkanes of at least 4 members (excludes halogenated alkanes) is 15. The van der Waals surface area contributed by atoms with E-state index in [1.807, 2.05) is 13.8 Å².